The molecule has 0 spiro atoms. The minimum absolute atomic E-state index is 0.955. The summed E-state index contributed by atoms with van der Waals surface area (Å²) in [6, 6.07) is 0.955. The van der Waals surface area contributed by atoms with Crippen LogP contribution in [0.1, 0.15) is 66.7 Å². The van der Waals surface area contributed by atoms with Crippen LogP contribution in [0.5, 0.6) is 0 Å². The third kappa shape index (κ3) is 10.2. The summed E-state index contributed by atoms with van der Waals surface area (Å²) in [6.45, 7) is 10.6. The van der Waals surface area contributed by atoms with Gasteiger partial charge in [0, 0.05) is 0 Å². The molecule has 0 aromatic rings. The molecular formula is C14H34N+. The normalized spacial score (nSPS) is 24.8. The molecule has 0 aromatic carbocycles. The van der Waals surface area contributed by atoms with Gasteiger partial charge in [-0.05, 0) is 31.6 Å². The van der Waals surface area contributed by atoms with Gasteiger partial charge in [-0.25, -0.2) is 0 Å². The molecule has 0 aromatic heterocycles. The van der Waals surface area contributed by atoms with Gasteiger partial charge in [-0.2, -0.15) is 0 Å². The first-order chi connectivity index (χ1) is 7.11. The fraction of sp³-hybridized carbons (Fsp3) is 1.00. The first kappa shape index (κ1) is 17.4. The molecule has 1 saturated carbocycles. The second kappa shape index (κ2) is 12.0. The van der Waals surface area contributed by atoms with E-state index >= 15 is 0 Å². The molecule has 15 heavy (non-hydrogen) atoms. The summed E-state index contributed by atoms with van der Waals surface area (Å²) in [7, 11) is 4.56. The van der Waals surface area contributed by atoms with Crippen molar-refractivity contribution in [1.82, 2.24) is 0 Å². The molecule has 0 unspecified atom stereocenters. The van der Waals surface area contributed by atoms with Crippen molar-refractivity contribution in [2.75, 3.05) is 14.1 Å². The highest BCUT2D eigenvalue weighted by Gasteiger charge is 2.21. The molecule has 0 radical (unpaired) electrons. The zero-order valence-corrected chi connectivity index (χ0v) is 12.2. The molecule has 1 N–H and O–H groups in total. The summed E-state index contributed by atoms with van der Waals surface area (Å²) >= 11 is 0. The Morgan fingerprint density at radius 2 is 1.27 bits per heavy atom. The van der Waals surface area contributed by atoms with E-state index in [1.165, 1.54) is 32.1 Å². The van der Waals surface area contributed by atoms with Crippen molar-refractivity contribution in [3.05, 3.63) is 0 Å². The van der Waals surface area contributed by atoms with E-state index in [4.69, 9.17) is 0 Å². The Labute approximate surface area is 98.2 Å². The van der Waals surface area contributed by atoms with Crippen molar-refractivity contribution >= 4 is 0 Å². The van der Waals surface area contributed by atoms with E-state index in [1.54, 1.807) is 4.90 Å². The average molecular weight is 216 g/mol. The number of nitrogens with one attached hydrogen (secondary N) is 1. The molecule has 0 amide bonds. The van der Waals surface area contributed by atoms with Crippen LogP contribution < -0.4 is 4.90 Å². The van der Waals surface area contributed by atoms with Gasteiger partial charge >= 0.3 is 0 Å². The zero-order valence-electron chi connectivity index (χ0n) is 12.2. The second-order valence-electron chi connectivity index (χ2n) is 4.74. The molecule has 1 rings (SSSR count). The lowest BCUT2D eigenvalue weighted by Crippen LogP contribution is -3.10. The fourth-order valence-corrected chi connectivity index (χ4v) is 1.84. The first-order valence-electron chi connectivity index (χ1n) is 6.91. The summed E-state index contributed by atoms with van der Waals surface area (Å²) in [6.07, 6.45) is 7.05. The Kier molecular flexibility index (Phi) is 13.9. The molecule has 1 aliphatic carbocycles. The average Bonchev–Trinajstić information content (AvgIpc) is 2.22. The van der Waals surface area contributed by atoms with E-state index in [0.717, 1.165) is 12.0 Å². The van der Waals surface area contributed by atoms with Crippen LogP contribution in [0, 0.1) is 5.92 Å². The lowest BCUT2D eigenvalue weighted by atomic mass is 9.87. The lowest BCUT2D eigenvalue weighted by molar-refractivity contribution is -0.887. The highest BCUT2D eigenvalue weighted by Crippen LogP contribution is 2.21. The molecule has 0 saturated heterocycles. The van der Waals surface area contributed by atoms with E-state index in [0.29, 0.717) is 0 Å². The van der Waals surface area contributed by atoms with Crippen molar-refractivity contribution in [2.24, 2.45) is 5.92 Å². The number of hydrogen-bond acceptors (Lipinski definition) is 0. The summed E-state index contributed by atoms with van der Waals surface area (Å²) in [5.41, 5.74) is 0. The lowest BCUT2D eigenvalue weighted by Gasteiger charge is -2.28. The minimum atomic E-state index is 0.955. The standard InChI is InChI=1S/C9H19N.C3H8.C2H6/c1-8-4-6-9(7-5-8)10(2)3;1-3-2;1-2/h8-9H,4-7H2,1-3H3;3H2,1-2H3;1-2H3/p+1. The first-order valence-corrected chi connectivity index (χ1v) is 6.91. The molecule has 1 heteroatoms. The van der Waals surface area contributed by atoms with Gasteiger partial charge in [0.25, 0.3) is 0 Å². The van der Waals surface area contributed by atoms with Crippen LogP contribution in [-0.4, -0.2) is 20.1 Å². The Balaban J connectivity index is 0. The Morgan fingerprint density at radius 1 is 0.933 bits per heavy atom. The van der Waals surface area contributed by atoms with E-state index in [-0.39, 0.29) is 0 Å². The molecule has 94 valence electrons. The minimum Gasteiger partial charge on any atom is -0.337 e. The van der Waals surface area contributed by atoms with E-state index in [9.17, 15) is 0 Å². The molecule has 1 fully saturated rings. The SMILES string of the molecule is CC.CC1CCC([NH+](C)C)CC1.CCC. The third-order valence-electron chi connectivity index (χ3n) is 2.83. The van der Waals surface area contributed by atoms with Crippen LogP contribution in [0.25, 0.3) is 0 Å². The molecule has 0 heterocycles. The highest BCUT2D eigenvalue weighted by molar-refractivity contribution is 4.67. The molecule has 0 bridgehead atoms. The van der Waals surface area contributed by atoms with Gasteiger partial charge in [-0.15, -0.1) is 0 Å². The third-order valence-corrected chi connectivity index (χ3v) is 2.83. The zero-order chi connectivity index (χ0) is 12.3. The van der Waals surface area contributed by atoms with Gasteiger partial charge in [0.05, 0.1) is 20.1 Å². The van der Waals surface area contributed by atoms with Crippen LogP contribution in [-0.2, 0) is 0 Å². The van der Waals surface area contributed by atoms with Crippen molar-refractivity contribution < 1.29 is 4.90 Å². The fourth-order valence-electron chi connectivity index (χ4n) is 1.84. The Morgan fingerprint density at radius 3 is 1.53 bits per heavy atom. The van der Waals surface area contributed by atoms with E-state index < -0.39 is 0 Å². The van der Waals surface area contributed by atoms with Crippen molar-refractivity contribution in [1.29, 1.82) is 0 Å². The van der Waals surface area contributed by atoms with Crippen LogP contribution in [0.2, 0.25) is 0 Å². The van der Waals surface area contributed by atoms with Gasteiger partial charge < -0.3 is 4.90 Å². The quantitative estimate of drug-likeness (QED) is 0.687. The Hall–Kier alpha value is -0.0400. The molecular weight excluding hydrogens is 182 g/mol. The topological polar surface area (TPSA) is 4.44 Å². The van der Waals surface area contributed by atoms with Gasteiger partial charge in [-0.3, -0.25) is 0 Å². The maximum Gasteiger partial charge on any atom is 0.0870 e. The second-order valence-corrected chi connectivity index (χ2v) is 4.74. The summed E-state index contributed by atoms with van der Waals surface area (Å²) in [4.78, 5) is 1.65. The predicted octanol–water partition coefficient (Wildman–Crippen LogP) is 3.15. The number of quaternary nitrogens is 1. The van der Waals surface area contributed by atoms with Crippen LogP contribution in [0.4, 0.5) is 0 Å². The van der Waals surface area contributed by atoms with Crippen LogP contribution in [0.15, 0.2) is 0 Å². The Bertz CT molecular complexity index is 102. The maximum atomic E-state index is 2.38. The van der Waals surface area contributed by atoms with Gasteiger partial charge in [-0.1, -0.05) is 41.0 Å². The van der Waals surface area contributed by atoms with Gasteiger partial charge in [0.15, 0.2) is 0 Å². The van der Waals surface area contributed by atoms with E-state index in [2.05, 4.69) is 34.9 Å². The van der Waals surface area contributed by atoms with Gasteiger partial charge in [0.1, 0.15) is 0 Å². The van der Waals surface area contributed by atoms with Crippen LogP contribution >= 0.6 is 0 Å². The monoisotopic (exact) mass is 216 g/mol. The number of rotatable bonds is 1. The molecule has 0 atom stereocenters. The largest absolute Gasteiger partial charge is 0.337 e. The van der Waals surface area contributed by atoms with Crippen molar-refractivity contribution in [3.63, 3.8) is 0 Å². The van der Waals surface area contributed by atoms with Crippen molar-refractivity contribution in [2.45, 2.75) is 72.8 Å². The van der Waals surface area contributed by atoms with Gasteiger partial charge in [0.2, 0.25) is 0 Å². The van der Waals surface area contributed by atoms with Crippen LogP contribution in [0.3, 0.4) is 0 Å². The highest BCUT2D eigenvalue weighted by atomic mass is 15.1. The predicted molar refractivity (Wildman–Crippen MR) is 71.5 cm³/mol. The maximum absolute atomic E-state index is 2.38. The summed E-state index contributed by atoms with van der Waals surface area (Å²) in [5.74, 6) is 0.996. The summed E-state index contributed by atoms with van der Waals surface area (Å²) < 4.78 is 0. The molecule has 0 aliphatic heterocycles. The number of hydrogen-bond donors (Lipinski definition) is 1. The van der Waals surface area contributed by atoms with E-state index in [1.807, 2.05) is 13.8 Å². The molecule has 1 nitrogen and oxygen atoms in total. The smallest absolute Gasteiger partial charge is 0.0870 e. The van der Waals surface area contributed by atoms with Crippen molar-refractivity contribution in [3.8, 4) is 0 Å². The molecule has 1 aliphatic rings. The summed E-state index contributed by atoms with van der Waals surface area (Å²) in [5, 5.41) is 0.